The molecule has 4 aliphatic rings. The second-order valence-corrected chi connectivity index (χ2v) is 13.3. The SMILES string of the molecule is Cc1ccc(CN2C(=O)[C@H]3C(C(=O)Nc4ccc(C(C)C)cc4)[C@H]4C=CC3(O4)C2C(=O)NC2CCCC(C)C2C)cc1. The summed E-state index contributed by atoms with van der Waals surface area (Å²) < 4.78 is 6.54. The summed E-state index contributed by atoms with van der Waals surface area (Å²) in [6.45, 7) is 11.0. The molecular formula is C35H43N3O4. The number of hydrogen-bond donors (Lipinski definition) is 2. The molecule has 2 aromatic rings. The molecule has 222 valence electrons. The van der Waals surface area contributed by atoms with Crippen LogP contribution in [0.15, 0.2) is 60.7 Å². The van der Waals surface area contributed by atoms with Crippen LogP contribution in [0.4, 0.5) is 5.69 Å². The van der Waals surface area contributed by atoms with Crippen LogP contribution in [0.25, 0.3) is 0 Å². The van der Waals surface area contributed by atoms with Crippen LogP contribution in [0.5, 0.6) is 0 Å². The van der Waals surface area contributed by atoms with Gasteiger partial charge in [-0.3, -0.25) is 14.4 Å². The van der Waals surface area contributed by atoms with Gasteiger partial charge in [-0.05, 0) is 54.4 Å². The van der Waals surface area contributed by atoms with Gasteiger partial charge in [0, 0.05) is 18.3 Å². The van der Waals surface area contributed by atoms with Crippen molar-refractivity contribution in [2.45, 2.75) is 90.1 Å². The number of likely N-dealkylation sites (tertiary alicyclic amines) is 1. The number of carbonyl (C=O) groups is 3. The van der Waals surface area contributed by atoms with Gasteiger partial charge in [0.25, 0.3) is 0 Å². The van der Waals surface area contributed by atoms with Crippen molar-refractivity contribution >= 4 is 23.4 Å². The monoisotopic (exact) mass is 569 g/mol. The van der Waals surface area contributed by atoms with Crippen LogP contribution in [0.2, 0.25) is 0 Å². The summed E-state index contributed by atoms with van der Waals surface area (Å²) in [4.78, 5) is 44.0. The Kier molecular flexibility index (Phi) is 7.50. The van der Waals surface area contributed by atoms with E-state index in [1.807, 2.05) is 67.6 Å². The molecule has 7 nitrogen and oxygen atoms in total. The molecule has 0 radical (unpaired) electrons. The van der Waals surface area contributed by atoms with Crippen molar-refractivity contribution in [3.63, 3.8) is 0 Å². The summed E-state index contributed by atoms with van der Waals surface area (Å²) in [7, 11) is 0. The van der Waals surface area contributed by atoms with E-state index < -0.39 is 29.6 Å². The Morgan fingerprint density at radius 3 is 2.43 bits per heavy atom. The Hall–Kier alpha value is -3.45. The molecule has 6 unspecified atom stereocenters. The average Bonchev–Trinajstić information content (AvgIpc) is 3.60. The smallest absolute Gasteiger partial charge is 0.246 e. The fourth-order valence-electron chi connectivity index (χ4n) is 7.55. The third-order valence-electron chi connectivity index (χ3n) is 10.3. The van der Waals surface area contributed by atoms with E-state index in [9.17, 15) is 14.4 Å². The van der Waals surface area contributed by atoms with Crippen molar-refractivity contribution in [3.05, 3.63) is 77.4 Å². The van der Waals surface area contributed by atoms with E-state index in [2.05, 4.69) is 38.3 Å². The Morgan fingerprint density at radius 2 is 1.74 bits per heavy atom. The highest BCUT2D eigenvalue weighted by Crippen LogP contribution is 2.55. The Bertz CT molecular complexity index is 1380. The van der Waals surface area contributed by atoms with Crippen LogP contribution >= 0.6 is 0 Å². The molecule has 0 aromatic heterocycles. The number of hydrogen-bond acceptors (Lipinski definition) is 4. The molecule has 1 aliphatic carbocycles. The minimum Gasteiger partial charge on any atom is -0.359 e. The topological polar surface area (TPSA) is 87.7 Å². The number of ether oxygens (including phenoxy) is 1. The predicted molar refractivity (Wildman–Crippen MR) is 163 cm³/mol. The van der Waals surface area contributed by atoms with E-state index >= 15 is 0 Å². The standard InChI is InChI=1S/C35H43N3O4/c1-20(2)25-13-15-26(16-14-25)36-32(39)29-28-17-18-35(42-28)30(29)34(41)38(19-24-11-9-21(3)10-12-24)31(35)33(40)37-27-8-6-7-22(4)23(27)5/h9-18,20,22-23,27-31H,6-8,19H2,1-5H3,(H,36,39)(H,37,40)/t22?,23?,27?,28-,29?,30-,31?,35?/m1/s1. The molecule has 3 heterocycles. The quantitative estimate of drug-likeness (QED) is 0.440. The van der Waals surface area contributed by atoms with Crippen molar-refractivity contribution in [3.8, 4) is 0 Å². The maximum absolute atomic E-state index is 14.3. The lowest BCUT2D eigenvalue weighted by atomic mass is 9.73. The van der Waals surface area contributed by atoms with Gasteiger partial charge in [-0.1, -0.05) is 94.7 Å². The first-order valence-corrected chi connectivity index (χ1v) is 15.5. The van der Waals surface area contributed by atoms with Crippen LogP contribution in [0.1, 0.15) is 69.6 Å². The van der Waals surface area contributed by atoms with E-state index in [-0.39, 0.29) is 30.3 Å². The Balaban J connectivity index is 1.30. The van der Waals surface area contributed by atoms with Crippen LogP contribution in [-0.2, 0) is 25.7 Å². The number of aryl methyl sites for hydroxylation is 1. The van der Waals surface area contributed by atoms with Crippen LogP contribution in [0, 0.1) is 30.6 Å². The van der Waals surface area contributed by atoms with Crippen LogP contribution in [-0.4, -0.2) is 46.4 Å². The molecule has 3 amide bonds. The largest absolute Gasteiger partial charge is 0.359 e. The molecular weight excluding hydrogens is 526 g/mol. The fourth-order valence-corrected chi connectivity index (χ4v) is 7.55. The van der Waals surface area contributed by atoms with Crippen LogP contribution < -0.4 is 10.6 Å². The highest BCUT2D eigenvalue weighted by atomic mass is 16.5. The van der Waals surface area contributed by atoms with Gasteiger partial charge in [0.2, 0.25) is 17.7 Å². The number of anilines is 1. The van der Waals surface area contributed by atoms with E-state index in [1.54, 1.807) is 4.90 Å². The number of amides is 3. The molecule has 7 heteroatoms. The van der Waals surface area contributed by atoms with Gasteiger partial charge in [-0.25, -0.2) is 0 Å². The minimum absolute atomic E-state index is 0.0449. The first-order valence-electron chi connectivity index (χ1n) is 15.5. The van der Waals surface area contributed by atoms with E-state index in [0.717, 1.165) is 30.4 Å². The van der Waals surface area contributed by atoms with Gasteiger partial charge in [0.05, 0.1) is 17.9 Å². The zero-order valence-electron chi connectivity index (χ0n) is 25.3. The van der Waals surface area contributed by atoms with Crippen molar-refractivity contribution in [2.24, 2.45) is 23.7 Å². The summed E-state index contributed by atoms with van der Waals surface area (Å²) in [5.74, 6) is -0.904. The Morgan fingerprint density at radius 1 is 1.02 bits per heavy atom. The highest BCUT2D eigenvalue weighted by Gasteiger charge is 2.72. The number of fused-ring (bicyclic) bond motifs is 1. The number of carbonyl (C=O) groups excluding carboxylic acids is 3. The number of nitrogens with zero attached hydrogens (tertiary/aromatic N) is 1. The minimum atomic E-state index is -1.18. The molecule has 2 saturated heterocycles. The van der Waals surface area contributed by atoms with E-state index in [4.69, 9.17) is 4.74 Å². The van der Waals surface area contributed by atoms with Crippen molar-refractivity contribution in [1.82, 2.24) is 10.2 Å². The second kappa shape index (κ2) is 11.0. The first kappa shape index (κ1) is 28.7. The third-order valence-corrected chi connectivity index (χ3v) is 10.3. The maximum Gasteiger partial charge on any atom is 0.246 e. The van der Waals surface area contributed by atoms with E-state index in [1.165, 1.54) is 5.56 Å². The summed E-state index contributed by atoms with van der Waals surface area (Å²) in [6.07, 6.45) is 6.35. The van der Waals surface area contributed by atoms with E-state index in [0.29, 0.717) is 23.4 Å². The predicted octanol–water partition coefficient (Wildman–Crippen LogP) is 5.35. The molecule has 8 atom stereocenters. The molecule has 2 N–H and O–H groups in total. The Labute approximate surface area is 249 Å². The lowest BCUT2D eigenvalue weighted by molar-refractivity contribution is -0.142. The molecule has 6 rings (SSSR count). The molecule has 3 fully saturated rings. The van der Waals surface area contributed by atoms with Crippen molar-refractivity contribution in [2.75, 3.05) is 5.32 Å². The molecule has 2 bridgehead atoms. The molecule has 1 saturated carbocycles. The fraction of sp³-hybridized carbons (Fsp3) is 0.514. The lowest BCUT2D eigenvalue weighted by Gasteiger charge is -2.38. The zero-order chi connectivity index (χ0) is 29.8. The molecule has 3 aliphatic heterocycles. The third kappa shape index (κ3) is 4.85. The average molecular weight is 570 g/mol. The summed E-state index contributed by atoms with van der Waals surface area (Å²) in [5.41, 5.74) is 2.75. The molecule has 1 spiro atoms. The lowest BCUT2D eigenvalue weighted by Crippen LogP contribution is -2.57. The van der Waals surface area contributed by atoms with Gasteiger partial charge in [-0.2, -0.15) is 0 Å². The van der Waals surface area contributed by atoms with Crippen molar-refractivity contribution in [1.29, 1.82) is 0 Å². The summed E-state index contributed by atoms with van der Waals surface area (Å²) >= 11 is 0. The van der Waals surface area contributed by atoms with Gasteiger partial charge in [-0.15, -0.1) is 0 Å². The summed E-state index contributed by atoms with van der Waals surface area (Å²) in [6, 6.07) is 15.0. The maximum atomic E-state index is 14.3. The number of nitrogens with one attached hydrogen (secondary N) is 2. The molecule has 2 aromatic carbocycles. The zero-order valence-corrected chi connectivity index (χ0v) is 25.3. The van der Waals surface area contributed by atoms with Gasteiger partial charge in [0.15, 0.2) is 0 Å². The first-order chi connectivity index (χ1) is 20.1. The highest BCUT2D eigenvalue weighted by molar-refractivity contribution is 6.02. The normalized spacial score (nSPS) is 33.2. The summed E-state index contributed by atoms with van der Waals surface area (Å²) in [5, 5.41) is 6.36. The van der Waals surface area contributed by atoms with Crippen molar-refractivity contribution < 1.29 is 19.1 Å². The number of benzene rings is 2. The van der Waals surface area contributed by atoms with Crippen LogP contribution in [0.3, 0.4) is 0 Å². The van der Waals surface area contributed by atoms with Gasteiger partial charge >= 0.3 is 0 Å². The number of rotatable bonds is 7. The molecule has 42 heavy (non-hydrogen) atoms. The van der Waals surface area contributed by atoms with Gasteiger partial charge in [0.1, 0.15) is 11.6 Å². The second-order valence-electron chi connectivity index (χ2n) is 13.3. The van der Waals surface area contributed by atoms with Gasteiger partial charge < -0.3 is 20.3 Å².